The Morgan fingerprint density at radius 3 is 2.31 bits per heavy atom. The van der Waals surface area contributed by atoms with E-state index in [0.29, 0.717) is 21.9 Å². The molecule has 4 rings (SSSR count). The van der Waals surface area contributed by atoms with Crippen molar-refractivity contribution in [1.82, 2.24) is 0 Å². The van der Waals surface area contributed by atoms with E-state index in [1.54, 1.807) is 12.1 Å². The van der Waals surface area contributed by atoms with Crippen molar-refractivity contribution in [3.8, 4) is 17.9 Å². The van der Waals surface area contributed by atoms with Gasteiger partial charge in [-0.3, -0.25) is 0 Å². The fourth-order valence-electron chi connectivity index (χ4n) is 3.33. The van der Waals surface area contributed by atoms with Crippen LogP contribution in [0.2, 0.25) is 5.02 Å². The third-order valence-corrected chi connectivity index (χ3v) is 4.86. The molecule has 3 aromatic rings. The number of nitriles is 2. The summed E-state index contributed by atoms with van der Waals surface area (Å²) in [7, 11) is 0. The molecule has 0 radical (unpaired) electrons. The van der Waals surface area contributed by atoms with E-state index in [4.69, 9.17) is 27.3 Å². The van der Waals surface area contributed by atoms with E-state index >= 15 is 0 Å². The van der Waals surface area contributed by atoms with Gasteiger partial charge in [-0.15, -0.1) is 0 Å². The zero-order chi connectivity index (χ0) is 18.3. The number of hydrogen-bond acceptors (Lipinski definition) is 4. The minimum Gasteiger partial charge on any atom is -0.440 e. The second-order valence-electron chi connectivity index (χ2n) is 5.98. The number of nitrogens with zero attached hydrogens (tertiary/aromatic N) is 2. The third kappa shape index (κ3) is 2.37. The van der Waals surface area contributed by atoms with Crippen LogP contribution >= 0.6 is 11.6 Å². The Hall–Kier alpha value is -3.47. The minimum absolute atomic E-state index is 0.0850. The Bertz CT molecular complexity index is 1150. The smallest absolute Gasteiger partial charge is 0.205 e. The first-order valence-corrected chi connectivity index (χ1v) is 8.30. The van der Waals surface area contributed by atoms with Crippen LogP contribution in [0.5, 0.6) is 5.75 Å². The molecular weight excluding hydrogens is 346 g/mol. The van der Waals surface area contributed by atoms with Crippen LogP contribution in [0.4, 0.5) is 0 Å². The number of rotatable bonds is 1. The predicted octanol–water partition coefficient (Wildman–Crippen LogP) is 4.58. The lowest BCUT2D eigenvalue weighted by Gasteiger charge is -2.28. The van der Waals surface area contributed by atoms with Crippen molar-refractivity contribution in [1.29, 1.82) is 10.5 Å². The van der Waals surface area contributed by atoms with E-state index in [-0.39, 0.29) is 5.88 Å². The Morgan fingerprint density at radius 2 is 1.65 bits per heavy atom. The predicted molar refractivity (Wildman–Crippen MR) is 99.4 cm³/mol. The molecule has 2 N–H and O–H groups in total. The molecule has 0 amide bonds. The molecule has 5 heteroatoms. The van der Waals surface area contributed by atoms with Crippen LogP contribution in [0.1, 0.15) is 22.6 Å². The van der Waals surface area contributed by atoms with Crippen LogP contribution in [0.15, 0.2) is 66.1 Å². The molecule has 4 nitrogen and oxygen atoms in total. The Morgan fingerprint density at radius 1 is 0.962 bits per heavy atom. The molecular formula is C21H12ClN3O. The van der Waals surface area contributed by atoms with E-state index in [1.807, 2.05) is 42.5 Å². The van der Waals surface area contributed by atoms with Gasteiger partial charge in [-0.05, 0) is 23.8 Å². The van der Waals surface area contributed by atoms with Crippen molar-refractivity contribution in [3.63, 3.8) is 0 Å². The molecule has 0 saturated heterocycles. The van der Waals surface area contributed by atoms with Crippen molar-refractivity contribution >= 4 is 22.4 Å². The minimum atomic E-state index is -0.404. The number of hydrogen-bond donors (Lipinski definition) is 1. The average Bonchev–Trinajstić information content (AvgIpc) is 2.68. The monoisotopic (exact) mass is 357 g/mol. The number of ether oxygens (including phenoxy) is 1. The molecule has 1 heterocycles. The molecule has 0 saturated carbocycles. The van der Waals surface area contributed by atoms with Crippen molar-refractivity contribution in [2.24, 2.45) is 5.73 Å². The first kappa shape index (κ1) is 16.0. The number of allylic oxidation sites excluding steroid dienone is 1. The van der Waals surface area contributed by atoms with Crippen LogP contribution in [0.3, 0.4) is 0 Å². The van der Waals surface area contributed by atoms with Crippen molar-refractivity contribution in [3.05, 3.63) is 87.8 Å². The molecule has 1 aliphatic rings. The Kier molecular flexibility index (Phi) is 3.77. The van der Waals surface area contributed by atoms with E-state index in [2.05, 4.69) is 12.1 Å². The van der Waals surface area contributed by atoms with Gasteiger partial charge in [0.25, 0.3) is 0 Å². The van der Waals surface area contributed by atoms with Gasteiger partial charge in [0.1, 0.15) is 17.4 Å². The summed E-state index contributed by atoms with van der Waals surface area (Å²) in [6, 6.07) is 20.8. The summed E-state index contributed by atoms with van der Waals surface area (Å²) >= 11 is 6.49. The van der Waals surface area contributed by atoms with Crippen LogP contribution in [0, 0.1) is 22.7 Å². The summed E-state index contributed by atoms with van der Waals surface area (Å²) < 4.78 is 5.82. The standard InChI is InChI=1S/C21H12ClN3O/c22-18-9-16-19(13-7-5-12(10-23)6-8-13)17(11-24)21(25)26-20(16)15-4-2-1-3-14(15)18/h1-9,19H,25H2. The van der Waals surface area contributed by atoms with Crippen molar-refractivity contribution < 1.29 is 4.74 Å². The Labute approximate surface area is 155 Å². The average molecular weight is 358 g/mol. The first-order chi connectivity index (χ1) is 12.6. The summed E-state index contributed by atoms with van der Waals surface area (Å²) in [4.78, 5) is 0. The molecule has 0 bridgehead atoms. The fourth-order valence-corrected chi connectivity index (χ4v) is 3.61. The van der Waals surface area contributed by atoms with E-state index in [0.717, 1.165) is 21.9 Å². The summed E-state index contributed by atoms with van der Waals surface area (Å²) in [5.74, 6) is 0.288. The summed E-state index contributed by atoms with van der Waals surface area (Å²) in [5.41, 5.74) is 8.57. The zero-order valence-corrected chi connectivity index (χ0v) is 14.3. The van der Waals surface area contributed by atoms with Crippen LogP contribution in [-0.4, -0.2) is 0 Å². The van der Waals surface area contributed by atoms with Gasteiger partial charge in [0.2, 0.25) is 5.88 Å². The highest BCUT2D eigenvalue weighted by Gasteiger charge is 2.32. The molecule has 1 atom stereocenters. The van der Waals surface area contributed by atoms with Gasteiger partial charge < -0.3 is 10.5 Å². The maximum absolute atomic E-state index is 9.65. The number of nitrogens with two attached hydrogens (primary N) is 1. The van der Waals surface area contributed by atoms with Crippen molar-refractivity contribution in [2.75, 3.05) is 0 Å². The van der Waals surface area contributed by atoms with Gasteiger partial charge in [-0.25, -0.2) is 0 Å². The summed E-state index contributed by atoms with van der Waals surface area (Å²) in [5, 5.41) is 21.0. The Balaban J connectivity index is 2.02. The highest BCUT2D eigenvalue weighted by Crippen LogP contribution is 2.47. The third-order valence-electron chi connectivity index (χ3n) is 4.54. The SMILES string of the molecule is N#CC1=C(N)Oc2c(cc(Cl)c3ccccc23)C1c1ccc(C#N)cc1. The van der Waals surface area contributed by atoms with Crippen LogP contribution in [-0.2, 0) is 0 Å². The largest absolute Gasteiger partial charge is 0.440 e. The molecule has 0 fully saturated rings. The molecule has 3 aromatic carbocycles. The highest BCUT2D eigenvalue weighted by molar-refractivity contribution is 6.36. The second-order valence-corrected chi connectivity index (χ2v) is 6.39. The van der Waals surface area contributed by atoms with Crippen molar-refractivity contribution in [2.45, 2.75) is 5.92 Å². The number of benzene rings is 3. The van der Waals surface area contributed by atoms with E-state index in [9.17, 15) is 5.26 Å². The zero-order valence-electron chi connectivity index (χ0n) is 13.5. The topological polar surface area (TPSA) is 82.8 Å². The molecule has 1 unspecified atom stereocenters. The molecule has 0 aromatic heterocycles. The van der Waals surface area contributed by atoms with E-state index in [1.165, 1.54) is 0 Å². The highest BCUT2D eigenvalue weighted by atomic mass is 35.5. The second kappa shape index (κ2) is 6.11. The summed E-state index contributed by atoms with van der Waals surface area (Å²) in [6.45, 7) is 0. The van der Waals surface area contributed by atoms with Gasteiger partial charge in [-0.2, -0.15) is 10.5 Å². The van der Waals surface area contributed by atoms with Crippen LogP contribution in [0.25, 0.3) is 10.8 Å². The lowest BCUT2D eigenvalue weighted by atomic mass is 9.82. The normalized spacial score (nSPS) is 15.7. The first-order valence-electron chi connectivity index (χ1n) is 7.93. The van der Waals surface area contributed by atoms with Gasteiger partial charge >= 0.3 is 0 Å². The molecule has 1 aliphatic heterocycles. The van der Waals surface area contributed by atoms with Gasteiger partial charge in [0.15, 0.2) is 0 Å². The molecule has 124 valence electrons. The van der Waals surface area contributed by atoms with Gasteiger partial charge in [0.05, 0.1) is 17.6 Å². The molecule has 0 spiro atoms. The summed E-state index contributed by atoms with van der Waals surface area (Å²) in [6.07, 6.45) is 0. The quantitative estimate of drug-likeness (QED) is 0.690. The molecule has 26 heavy (non-hydrogen) atoms. The lowest BCUT2D eigenvalue weighted by Crippen LogP contribution is -2.21. The molecule has 0 aliphatic carbocycles. The number of fused-ring (bicyclic) bond motifs is 3. The maximum Gasteiger partial charge on any atom is 0.205 e. The van der Waals surface area contributed by atoms with Crippen LogP contribution < -0.4 is 10.5 Å². The maximum atomic E-state index is 9.65. The fraction of sp³-hybridized carbons (Fsp3) is 0.0476. The lowest BCUT2D eigenvalue weighted by molar-refractivity contribution is 0.398. The van der Waals surface area contributed by atoms with Gasteiger partial charge in [0, 0.05) is 21.4 Å². The van der Waals surface area contributed by atoms with E-state index < -0.39 is 5.92 Å². The van der Waals surface area contributed by atoms with Gasteiger partial charge in [-0.1, -0.05) is 48.0 Å². The number of halogens is 1.